The zero-order valence-electron chi connectivity index (χ0n) is 17.5. The number of benzene rings is 1. The number of nitrogens with zero attached hydrogens (tertiary/aromatic N) is 1. The Morgan fingerprint density at radius 3 is 2.59 bits per heavy atom. The molecule has 4 aliphatic rings. The van der Waals surface area contributed by atoms with Gasteiger partial charge in [-0.2, -0.15) is 0 Å². The highest BCUT2D eigenvalue weighted by molar-refractivity contribution is 7.88. The minimum absolute atomic E-state index is 0.0331. The van der Waals surface area contributed by atoms with Gasteiger partial charge in [0.05, 0.1) is 19.0 Å². The molecule has 3 aliphatic heterocycles. The molecule has 1 unspecified atom stereocenters. The number of hydrogen-bond donors (Lipinski definition) is 1. The van der Waals surface area contributed by atoms with Crippen molar-refractivity contribution in [1.82, 2.24) is 9.62 Å². The van der Waals surface area contributed by atoms with Gasteiger partial charge in [0.25, 0.3) is 0 Å². The van der Waals surface area contributed by atoms with E-state index in [1.807, 2.05) is 6.07 Å². The Kier molecular flexibility index (Phi) is 6.49. The molecule has 0 spiro atoms. The van der Waals surface area contributed by atoms with Crippen LogP contribution in [-0.4, -0.2) is 63.6 Å². The minimum atomic E-state index is -3.26. The topological polar surface area (TPSA) is 67.9 Å². The first kappa shape index (κ1) is 21.1. The molecular formula is C22H34N2O4S. The molecule has 1 aliphatic carbocycles. The average Bonchev–Trinajstić information content (AvgIpc) is 2.71. The summed E-state index contributed by atoms with van der Waals surface area (Å²) in [6.45, 7) is 4.27. The Morgan fingerprint density at radius 1 is 1.07 bits per heavy atom. The summed E-state index contributed by atoms with van der Waals surface area (Å²) in [5.41, 5.74) is 1.32. The van der Waals surface area contributed by atoms with Crippen molar-refractivity contribution in [3.8, 4) is 5.75 Å². The molecule has 3 atom stereocenters. The first-order valence-electron chi connectivity index (χ1n) is 11.0. The maximum Gasteiger partial charge on any atom is 0.209 e. The van der Waals surface area contributed by atoms with Gasteiger partial charge in [0.2, 0.25) is 10.0 Å². The van der Waals surface area contributed by atoms with Crippen LogP contribution in [0.3, 0.4) is 0 Å². The Labute approximate surface area is 175 Å². The smallest absolute Gasteiger partial charge is 0.209 e. The molecule has 1 saturated heterocycles. The van der Waals surface area contributed by atoms with Crippen molar-refractivity contribution >= 4 is 10.0 Å². The summed E-state index contributed by atoms with van der Waals surface area (Å²) in [7, 11) is -3.26. The van der Waals surface area contributed by atoms with E-state index in [1.165, 1.54) is 11.8 Å². The van der Waals surface area contributed by atoms with Crippen molar-refractivity contribution in [3.05, 3.63) is 29.8 Å². The van der Waals surface area contributed by atoms with Crippen LogP contribution in [0, 0.1) is 0 Å². The van der Waals surface area contributed by atoms with Gasteiger partial charge in [0, 0.05) is 18.1 Å². The van der Waals surface area contributed by atoms with Gasteiger partial charge in [-0.25, -0.2) is 13.1 Å². The van der Waals surface area contributed by atoms with E-state index in [0.717, 1.165) is 50.8 Å². The number of sulfonamides is 1. The van der Waals surface area contributed by atoms with E-state index >= 15 is 0 Å². The molecule has 0 aromatic heterocycles. The van der Waals surface area contributed by atoms with Crippen molar-refractivity contribution in [1.29, 1.82) is 0 Å². The Bertz CT molecular complexity index is 792. The molecule has 2 fully saturated rings. The van der Waals surface area contributed by atoms with E-state index < -0.39 is 10.0 Å². The van der Waals surface area contributed by atoms with Crippen molar-refractivity contribution in [2.75, 3.05) is 26.0 Å². The van der Waals surface area contributed by atoms with E-state index in [4.69, 9.17) is 9.47 Å². The van der Waals surface area contributed by atoms with E-state index in [0.29, 0.717) is 19.1 Å². The molecule has 162 valence electrons. The zero-order valence-corrected chi connectivity index (χ0v) is 18.4. The molecule has 1 saturated carbocycles. The number of rotatable bonds is 2. The largest absolute Gasteiger partial charge is 0.492 e. The molecular weight excluding hydrogens is 388 g/mol. The average molecular weight is 423 g/mol. The van der Waals surface area contributed by atoms with Gasteiger partial charge in [-0.05, 0) is 69.5 Å². The molecule has 2 bridgehead atoms. The summed E-state index contributed by atoms with van der Waals surface area (Å²) >= 11 is 0. The lowest BCUT2D eigenvalue weighted by Crippen LogP contribution is -2.60. The van der Waals surface area contributed by atoms with Gasteiger partial charge in [-0.1, -0.05) is 18.2 Å². The molecule has 5 rings (SSSR count). The van der Waals surface area contributed by atoms with Crippen LogP contribution in [0.15, 0.2) is 24.3 Å². The minimum Gasteiger partial charge on any atom is -0.492 e. The summed E-state index contributed by atoms with van der Waals surface area (Å²) in [4.78, 5) is 2.39. The van der Waals surface area contributed by atoms with Crippen molar-refractivity contribution in [3.63, 3.8) is 0 Å². The quantitative estimate of drug-likeness (QED) is 0.794. The second kappa shape index (κ2) is 8.92. The first-order valence-corrected chi connectivity index (χ1v) is 12.9. The third kappa shape index (κ3) is 5.13. The summed E-state index contributed by atoms with van der Waals surface area (Å²) in [5, 5.41) is 0. The number of para-hydroxylation sites is 1. The maximum absolute atomic E-state index is 11.9. The van der Waals surface area contributed by atoms with Crippen LogP contribution < -0.4 is 9.46 Å². The maximum atomic E-state index is 11.9. The fraction of sp³-hybridized carbons (Fsp3) is 0.727. The van der Waals surface area contributed by atoms with E-state index in [9.17, 15) is 8.42 Å². The molecule has 6 nitrogen and oxygen atoms in total. The highest BCUT2D eigenvalue weighted by atomic mass is 32.2. The Hall–Kier alpha value is -1.15. The first-order chi connectivity index (χ1) is 13.9. The number of hydrogen-bond acceptors (Lipinski definition) is 5. The highest BCUT2D eigenvalue weighted by Crippen LogP contribution is 2.39. The van der Waals surface area contributed by atoms with Crippen LogP contribution in [-0.2, 0) is 14.8 Å². The molecule has 1 aromatic rings. The number of fused-ring (bicyclic) bond motifs is 5. The standard InChI is InChI=1S/C22H34N2O4S/c1-16-14-28-22-8-4-3-6-19(22)17-9-11-18(12-10-17)27-15-21-20(23-29(2,25)26)7-5-13-24(16)21/h3-4,6,8,16-18,20-21,23H,5,7,9-15H2,1-2H3/t16-,17?,18?,20+,21?/m1/s1. The Balaban J connectivity index is 1.60. The normalized spacial score (nSPS) is 34.1. The van der Waals surface area contributed by atoms with Crippen LogP contribution >= 0.6 is 0 Å². The second-order valence-electron chi connectivity index (χ2n) is 8.95. The fourth-order valence-corrected chi connectivity index (χ4v) is 6.11. The molecule has 29 heavy (non-hydrogen) atoms. The summed E-state index contributed by atoms with van der Waals surface area (Å²) in [6, 6.07) is 8.55. The van der Waals surface area contributed by atoms with Crippen LogP contribution in [0.4, 0.5) is 0 Å². The third-order valence-electron chi connectivity index (χ3n) is 6.77. The summed E-state index contributed by atoms with van der Waals surface area (Å²) < 4.78 is 39.5. The molecule has 0 amide bonds. The lowest BCUT2D eigenvalue weighted by atomic mass is 9.82. The van der Waals surface area contributed by atoms with Crippen molar-refractivity contribution < 1.29 is 17.9 Å². The SMILES string of the molecule is C[C@@H]1COc2ccccc2C2CCC(CC2)OCC2[C@@H](NS(C)(=O)=O)CCCN21. The van der Waals surface area contributed by atoms with E-state index in [-0.39, 0.29) is 24.2 Å². The zero-order chi connectivity index (χ0) is 20.4. The lowest BCUT2D eigenvalue weighted by Gasteiger charge is -2.44. The summed E-state index contributed by atoms with van der Waals surface area (Å²) in [5.74, 6) is 1.53. The van der Waals surface area contributed by atoms with Gasteiger partial charge in [-0.15, -0.1) is 0 Å². The van der Waals surface area contributed by atoms with Gasteiger partial charge in [-0.3, -0.25) is 4.90 Å². The van der Waals surface area contributed by atoms with Crippen molar-refractivity contribution in [2.45, 2.75) is 75.6 Å². The van der Waals surface area contributed by atoms with Crippen LogP contribution in [0.2, 0.25) is 0 Å². The molecule has 3 heterocycles. The molecule has 1 N–H and O–H groups in total. The fourth-order valence-electron chi connectivity index (χ4n) is 5.29. The highest BCUT2D eigenvalue weighted by Gasteiger charge is 2.37. The van der Waals surface area contributed by atoms with Gasteiger partial charge < -0.3 is 9.47 Å². The van der Waals surface area contributed by atoms with Crippen LogP contribution in [0.5, 0.6) is 5.75 Å². The second-order valence-corrected chi connectivity index (χ2v) is 10.7. The van der Waals surface area contributed by atoms with Gasteiger partial charge in [0.1, 0.15) is 12.4 Å². The van der Waals surface area contributed by atoms with E-state index in [1.54, 1.807) is 0 Å². The molecule has 0 radical (unpaired) electrons. The lowest BCUT2D eigenvalue weighted by molar-refractivity contribution is -0.0402. The predicted molar refractivity (Wildman–Crippen MR) is 114 cm³/mol. The number of nitrogens with one attached hydrogen (secondary N) is 1. The third-order valence-corrected chi connectivity index (χ3v) is 7.50. The summed E-state index contributed by atoms with van der Waals surface area (Å²) in [6.07, 6.45) is 7.64. The van der Waals surface area contributed by atoms with Gasteiger partial charge in [0.15, 0.2) is 0 Å². The monoisotopic (exact) mass is 422 g/mol. The Morgan fingerprint density at radius 2 is 1.83 bits per heavy atom. The van der Waals surface area contributed by atoms with Crippen LogP contribution in [0.25, 0.3) is 0 Å². The molecule has 1 aromatic carbocycles. The van der Waals surface area contributed by atoms with Crippen LogP contribution in [0.1, 0.15) is 56.9 Å². The van der Waals surface area contributed by atoms with E-state index in [2.05, 4.69) is 34.7 Å². The number of piperidine rings is 1. The predicted octanol–water partition coefficient (Wildman–Crippen LogP) is 2.89. The van der Waals surface area contributed by atoms with Gasteiger partial charge >= 0.3 is 0 Å². The molecule has 7 heteroatoms. The van der Waals surface area contributed by atoms with Crippen molar-refractivity contribution in [2.24, 2.45) is 0 Å². The number of ether oxygens (including phenoxy) is 2.